The van der Waals surface area contributed by atoms with Gasteiger partial charge < -0.3 is 10.0 Å². The van der Waals surface area contributed by atoms with Crippen LogP contribution in [0.1, 0.15) is 11.1 Å². The summed E-state index contributed by atoms with van der Waals surface area (Å²) in [4.78, 5) is 5.38. The van der Waals surface area contributed by atoms with E-state index in [1.165, 1.54) is 36.0 Å². The van der Waals surface area contributed by atoms with Crippen LogP contribution in [0.3, 0.4) is 0 Å². The van der Waals surface area contributed by atoms with Gasteiger partial charge in [-0.2, -0.15) is 8.42 Å². The summed E-state index contributed by atoms with van der Waals surface area (Å²) in [5.41, 5.74) is 0.0146. The predicted octanol–water partition coefficient (Wildman–Crippen LogP) is 2.04. The van der Waals surface area contributed by atoms with E-state index in [1.807, 2.05) is 6.92 Å². The number of rotatable bonds is 3. The lowest BCUT2D eigenvalue weighted by Crippen LogP contribution is -2.42. The second-order valence-electron chi connectivity index (χ2n) is 6.65. The fourth-order valence-corrected chi connectivity index (χ4v) is 5.40. The third-order valence-corrected chi connectivity index (χ3v) is 7.98. The van der Waals surface area contributed by atoms with E-state index < -0.39 is 25.9 Å². The molecule has 1 atom stereocenters. The van der Waals surface area contributed by atoms with Crippen LogP contribution in [0.15, 0.2) is 57.2 Å². The van der Waals surface area contributed by atoms with Crippen LogP contribution < -0.4 is 5.14 Å². The smallest absolute Gasteiger partial charge is 0.294 e. The zero-order chi connectivity index (χ0) is 23.6. The molecule has 4 N–H and O–H groups in total. The zero-order valence-corrected chi connectivity index (χ0v) is 20.1. The Bertz CT molecular complexity index is 1200. The largest absolute Gasteiger partial charge is 0.366 e. The molecular weight excluding hydrogens is 486 g/mol. The summed E-state index contributed by atoms with van der Waals surface area (Å²) in [5.74, 6) is 0.335. The van der Waals surface area contributed by atoms with Crippen molar-refractivity contribution in [3.8, 4) is 0 Å². The van der Waals surface area contributed by atoms with E-state index in [0.29, 0.717) is 16.5 Å². The third kappa shape index (κ3) is 5.98. The van der Waals surface area contributed by atoms with Crippen LogP contribution in [0.5, 0.6) is 0 Å². The Morgan fingerprint density at radius 2 is 1.74 bits per heavy atom. The Morgan fingerprint density at radius 1 is 1.16 bits per heavy atom. The van der Waals surface area contributed by atoms with Crippen molar-refractivity contribution in [2.45, 2.75) is 22.4 Å². The molecule has 9 nitrogen and oxygen atoms in total. The van der Waals surface area contributed by atoms with Crippen molar-refractivity contribution in [2.75, 3.05) is 19.8 Å². The number of aliphatic imine (C=N–C) groups is 1. The number of aryl methyl sites for hydroxylation is 1. The number of hydrogen-bond donors (Lipinski definition) is 3. The Hall–Kier alpha value is -1.67. The van der Waals surface area contributed by atoms with E-state index in [0.717, 1.165) is 5.56 Å². The summed E-state index contributed by atoms with van der Waals surface area (Å²) in [6.45, 7) is 1.84. The molecule has 2 aromatic carbocycles. The van der Waals surface area contributed by atoms with E-state index in [9.17, 15) is 21.9 Å². The van der Waals surface area contributed by atoms with Gasteiger partial charge >= 0.3 is 0 Å². The van der Waals surface area contributed by atoms with Crippen molar-refractivity contribution in [3.05, 3.63) is 58.6 Å². The molecule has 1 fully saturated rings. The molecule has 3 rings (SSSR count). The molecule has 0 saturated carbocycles. The van der Waals surface area contributed by atoms with Gasteiger partial charge in [0.2, 0.25) is 10.0 Å². The van der Waals surface area contributed by atoms with Crippen LogP contribution in [0.4, 0.5) is 0 Å². The van der Waals surface area contributed by atoms with E-state index in [-0.39, 0.29) is 14.8 Å². The molecule has 0 spiro atoms. The van der Waals surface area contributed by atoms with E-state index >= 15 is 0 Å². The van der Waals surface area contributed by atoms with Crippen molar-refractivity contribution in [2.24, 2.45) is 10.1 Å². The van der Waals surface area contributed by atoms with Crippen LogP contribution in [-0.4, -0.2) is 56.4 Å². The topological polar surface area (TPSA) is 150 Å². The molecular formula is C18H22ClN3O6S3. The molecule has 0 aromatic heterocycles. The lowest BCUT2D eigenvalue weighted by atomic mass is 10.0. The third-order valence-electron chi connectivity index (χ3n) is 4.45. The second kappa shape index (κ2) is 9.45. The number of nitrogens with zero attached hydrogens (tertiary/aromatic N) is 2. The number of sulfonamides is 1. The number of thioether (sulfide) groups is 1. The second-order valence-corrected chi connectivity index (χ2v) is 10.9. The molecule has 0 amide bonds. The maximum atomic E-state index is 11.5. The van der Waals surface area contributed by atoms with Gasteiger partial charge in [-0.05, 0) is 31.2 Å². The summed E-state index contributed by atoms with van der Waals surface area (Å²) in [5, 5.41) is 16.6. The molecule has 1 aliphatic heterocycles. The molecule has 2 aromatic rings. The van der Waals surface area contributed by atoms with E-state index in [2.05, 4.69) is 4.99 Å². The zero-order valence-electron chi connectivity index (χ0n) is 16.9. The van der Waals surface area contributed by atoms with Crippen molar-refractivity contribution >= 4 is 48.7 Å². The van der Waals surface area contributed by atoms with Crippen molar-refractivity contribution in [3.63, 3.8) is 0 Å². The lowest BCUT2D eigenvalue weighted by Gasteiger charge is -2.31. The van der Waals surface area contributed by atoms with Crippen LogP contribution >= 0.6 is 23.4 Å². The number of nitrogens with two attached hydrogens (primary N) is 1. The maximum Gasteiger partial charge on any atom is 0.294 e. The molecule has 1 heterocycles. The first-order chi connectivity index (χ1) is 14.2. The Balaban J connectivity index is 0.000000262. The number of aliphatic hydroxyl groups is 1. The highest BCUT2D eigenvalue weighted by Crippen LogP contribution is 2.39. The fourth-order valence-electron chi connectivity index (χ4n) is 2.69. The minimum atomic E-state index is -4.02. The minimum Gasteiger partial charge on any atom is -0.366 e. The number of benzene rings is 2. The summed E-state index contributed by atoms with van der Waals surface area (Å²) >= 11 is 7.22. The lowest BCUT2D eigenvalue weighted by molar-refractivity contribution is -0.0349. The summed E-state index contributed by atoms with van der Waals surface area (Å²) in [6.07, 6.45) is 0. The molecule has 31 heavy (non-hydrogen) atoms. The average Bonchev–Trinajstić information content (AvgIpc) is 2.96. The van der Waals surface area contributed by atoms with Crippen LogP contribution in [0, 0.1) is 6.92 Å². The van der Waals surface area contributed by atoms with E-state index in [4.69, 9.17) is 21.3 Å². The highest BCUT2D eigenvalue weighted by molar-refractivity contribution is 8.14. The fraction of sp³-hybridized carbons (Fsp3) is 0.278. The van der Waals surface area contributed by atoms with Gasteiger partial charge in [-0.25, -0.2) is 13.6 Å². The SMILES string of the molecule is CN=C1SCC(O)(c2ccc(Cl)c(S(N)(=O)=O)c2)N1C.Cc1ccc(S(=O)(=O)O)cc1. The standard InChI is InChI=1S/C11H14ClN3O3S2.C7H8O3S/c1-14-10-15(2)11(16,6-19-10)7-3-4-8(12)9(5-7)20(13,17)18;1-6-2-4-7(5-3-6)11(8,9)10/h3-5,16H,6H2,1-2H3,(H2,13,17,18);2-5H,1H3,(H,8,9,10). The predicted molar refractivity (Wildman–Crippen MR) is 121 cm³/mol. The Kier molecular flexibility index (Phi) is 7.80. The minimum absolute atomic E-state index is 0.0255. The first kappa shape index (κ1) is 25.6. The van der Waals surface area contributed by atoms with Gasteiger partial charge in [0.05, 0.1) is 15.7 Å². The molecule has 1 saturated heterocycles. The molecule has 170 valence electrons. The summed E-state index contributed by atoms with van der Waals surface area (Å²) in [6, 6.07) is 10.3. The number of halogens is 1. The van der Waals surface area contributed by atoms with Crippen molar-refractivity contribution < 1.29 is 26.5 Å². The number of hydrogen-bond acceptors (Lipinski definition) is 7. The highest BCUT2D eigenvalue weighted by Gasteiger charge is 2.42. The van der Waals surface area contributed by atoms with E-state index in [1.54, 1.807) is 37.2 Å². The Labute approximate surface area is 190 Å². The summed E-state index contributed by atoms with van der Waals surface area (Å²) < 4.78 is 52.5. The van der Waals surface area contributed by atoms with Gasteiger partial charge in [-0.1, -0.05) is 47.1 Å². The highest BCUT2D eigenvalue weighted by atomic mass is 35.5. The van der Waals surface area contributed by atoms with Crippen molar-refractivity contribution in [1.82, 2.24) is 4.90 Å². The molecule has 0 bridgehead atoms. The number of amidine groups is 1. The molecule has 0 aliphatic carbocycles. The van der Waals surface area contributed by atoms with Crippen LogP contribution in [0.25, 0.3) is 0 Å². The van der Waals surface area contributed by atoms with Crippen LogP contribution in [-0.2, 0) is 25.9 Å². The van der Waals surface area contributed by atoms with Crippen LogP contribution in [0.2, 0.25) is 5.02 Å². The molecule has 1 unspecified atom stereocenters. The monoisotopic (exact) mass is 507 g/mol. The molecule has 0 radical (unpaired) electrons. The normalized spacial score (nSPS) is 20.5. The van der Waals surface area contributed by atoms with Gasteiger partial charge in [0.15, 0.2) is 10.9 Å². The van der Waals surface area contributed by atoms with Gasteiger partial charge in [-0.15, -0.1) is 0 Å². The first-order valence-corrected chi connectivity index (χ1v) is 13.0. The average molecular weight is 508 g/mol. The Morgan fingerprint density at radius 3 is 2.19 bits per heavy atom. The summed E-state index contributed by atoms with van der Waals surface area (Å²) in [7, 11) is -4.65. The van der Waals surface area contributed by atoms with Crippen molar-refractivity contribution in [1.29, 1.82) is 0 Å². The number of primary sulfonamides is 1. The molecule has 1 aliphatic rings. The van der Waals surface area contributed by atoms with Gasteiger partial charge in [0, 0.05) is 19.7 Å². The molecule has 13 heteroatoms. The van der Waals surface area contributed by atoms with Gasteiger partial charge in [-0.3, -0.25) is 9.55 Å². The first-order valence-electron chi connectivity index (χ1n) is 8.63. The maximum absolute atomic E-state index is 11.5. The quantitative estimate of drug-likeness (QED) is 0.534. The van der Waals surface area contributed by atoms with Gasteiger partial charge in [0.25, 0.3) is 10.1 Å². The van der Waals surface area contributed by atoms with Gasteiger partial charge in [0.1, 0.15) is 4.90 Å².